The van der Waals surface area contributed by atoms with E-state index in [1.165, 1.54) is 0 Å². The molecule has 120 valence electrons. The van der Waals surface area contributed by atoms with Crippen LogP contribution in [0.1, 0.15) is 18.1 Å². The number of methoxy groups -OCH3 is 1. The fourth-order valence-electron chi connectivity index (χ4n) is 2.06. The van der Waals surface area contributed by atoms with Gasteiger partial charge in [0.05, 0.1) is 13.7 Å². The number of pyridine rings is 1. The molecule has 0 fully saturated rings. The first-order valence-corrected chi connectivity index (χ1v) is 7.21. The van der Waals surface area contributed by atoms with E-state index in [0.717, 1.165) is 23.4 Å². The van der Waals surface area contributed by atoms with Crippen LogP contribution in [0.25, 0.3) is 0 Å². The maximum absolute atomic E-state index is 6.12. The van der Waals surface area contributed by atoms with Gasteiger partial charge >= 0.3 is 0 Å². The molecule has 1 heterocycles. The van der Waals surface area contributed by atoms with Gasteiger partial charge in [-0.3, -0.25) is 4.98 Å². The fraction of sp³-hybridized carbons (Fsp3) is 0.312. The molecule has 0 unspecified atom stereocenters. The van der Waals surface area contributed by atoms with Gasteiger partial charge in [-0.25, -0.2) is 0 Å². The summed E-state index contributed by atoms with van der Waals surface area (Å²) in [5, 5.41) is 3.99. The highest BCUT2D eigenvalue weighted by molar-refractivity contribution is 6.30. The highest BCUT2D eigenvalue weighted by Gasteiger charge is 2.12. The highest BCUT2D eigenvalue weighted by atomic mass is 35.5. The lowest BCUT2D eigenvalue weighted by atomic mass is 10.1. The molecule has 1 N–H and O–H groups in total. The number of ether oxygens (including phenoxy) is 2. The van der Waals surface area contributed by atoms with E-state index in [1.807, 2.05) is 31.3 Å². The summed E-state index contributed by atoms with van der Waals surface area (Å²) in [6, 6.07) is 7.61. The van der Waals surface area contributed by atoms with Crippen LogP contribution in [0.3, 0.4) is 0 Å². The zero-order valence-electron chi connectivity index (χ0n) is 12.6. The van der Waals surface area contributed by atoms with Gasteiger partial charge in [0.15, 0.2) is 11.5 Å². The standard InChI is InChI=1S/C16H19ClN2O2.ClH/c1-3-21-16-13(7-14(17)8-15(16)20-2)11-19-10-12-5-4-6-18-9-12;/h4-9,19H,3,10-11H2,1-2H3;1H. The van der Waals surface area contributed by atoms with Crippen molar-refractivity contribution in [2.45, 2.75) is 20.0 Å². The van der Waals surface area contributed by atoms with Crippen molar-refractivity contribution in [2.24, 2.45) is 0 Å². The largest absolute Gasteiger partial charge is 0.493 e. The molecule has 0 aliphatic rings. The monoisotopic (exact) mass is 342 g/mol. The highest BCUT2D eigenvalue weighted by Crippen LogP contribution is 2.34. The molecule has 0 saturated heterocycles. The van der Waals surface area contributed by atoms with E-state index in [1.54, 1.807) is 19.4 Å². The number of aromatic nitrogens is 1. The summed E-state index contributed by atoms with van der Waals surface area (Å²) >= 11 is 6.12. The van der Waals surface area contributed by atoms with Crippen LogP contribution in [0.5, 0.6) is 11.5 Å². The summed E-state index contributed by atoms with van der Waals surface area (Å²) < 4.78 is 11.0. The van der Waals surface area contributed by atoms with Gasteiger partial charge in [0.25, 0.3) is 0 Å². The van der Waals surface area contributed by atoms with E-state index >= 15 is 0 Å². The molecule has 0 spiro atoms. The number of hydrogen-bond acceptors (Lipinski definition) is 4. The molecule has 1 aromatic carbocycles. The molecular weight excluding hydrogens is 323 g/mol. The summed E-state index contributed by atoms with van der Waals surface area (Å²) in [7, 11) is 1.61. The van der Waals surface area contributed by atoms with E-state index < -0.39 is 0 Å². The Balaban J connectivity index is 0.00000242. The lowest BCUT2D eigenvalue weighted by molar-refractivity contribution is 0.307. The topological polar surface area (TPSA) is 43.4 Å². The van der Waals surface area contributed by atoms with Gasteiger partial charge in [0.1, 0.15) is 0 Å². The summed E-state index contributed by atoms with van der Waals surface area (Å²) in [5.41, 5.74) is 2.11. The molecule has 0 saturated carbocycles. The van der Waals surface area contributed by atoms with Gasteiger partial charge in [0.2, 0.25) is 0 Å². The number of rotatable bonds is 7. The average Bonchev–Trinajstić information content (AvgIpc) is 2.50. The van der Waals surface area contributed by atoms with E-state index in [-0.39, 0.29) is 12.4 Å². The Kier molecular flexibility index (Phi) is 8.02. The number of halogens is 2. The van der Waals surface area contributed by atoms with Crippen molar-refractivity contribution in [1.82, 2.24) is 10.3 Å². The van der Waals surface area contributed by atoms with Crippen LogP contribution in [0.15, 0.2) is 36.7 Å². The molecule has 2 aromatic rings. The number of nitrogens with zero attached hydrogens (tertiary/aromatic N) is 1. The number of benzene rings is 1. The summed E-state index contributed by atoms with van der Waals surface area (Å²) in [5.74, 6) is 1.39. The quantitative estimate of drug-likeness (QED) is 0.829. The third-order valence-corrected chi connectivity index (χ3v) is 3.19. The predicted octanol–water partition coefficient (Wildman–Crippen LogP) is 3.85. The molecule has 0 radical (unpaired) electrons. The van der Waals surface area contributed by atoms with E-state index in [2.05, 4.69) is 10.3 Å². The minimum Gasteiger partial charge on any atom is -0.493 e. The van der Waals surface area contributed by atoms with Crippen molar-refractivity contribution in [3.8, 4) is 11.5 Å². The van der Waals surface area contributed by atoms with E-state index in [9.17, 15) is 0 Å². The number of nitrogens with one attached hydrogen (secondary N) is 1. The van der Waals surface area contributed by atoms with Gasteiger partial charge in [-0.15, -0.1) is 12.4 Å². The molecule has 6 heteroatoms. The minimum absolute atomic E-state index is 0. The third kappa shape index (κ3) is 5.05. The molecule has 0 bridgehead atoms. The first-order valence-electron chi connectivity index (χ1n) is 6.83. The predicted molar refractivity (Wildman–Crippen MR) is 91.2 cm³/mol. The van der Waals surface area contributed by atoms with Gasteiger partial charge in [-0.2, -0.15) is 0 Å². The Morgan fingerprint density at radius 2 is 2.09 bits per heavy atom. The fourth-order valence-corrected chi connectivity index (χ4v) is 2.29. The molecule has 0 aliphatic carbocycles. The van der Waals surface area contributed by atoms with Crippen molar-refractivity contribution in [2.75, 3.05) is 13.7 Å². The first kappa shape index (κ1) is 18.6. The van der Waals surface area contributed by atoms with Crippen LogP contribution in [0.2, 0.25) is 5.02 Å². The van der Waals surface area contributed by atoms with Gasteiger partial charge in [-0.1, -0.05) is 17.7 Å². The second-order valence-corrected chi connectivity index (χ2v) is 4.93. The van der Waals surface area contributed by atoms with Crippen LogP contribution < -0.4 is 14.8 Å². The summed E-state index contributed by atoms with van der Waals surface area (Å²) in [6.07, 6.45) is 3.60. The van der Waals surface area contributed by atoms with Crippen LogP contribution in [-0.2, 0) is 13.1 Å². The van der Waals surface area contributed by atoms with Crippen LogP contribution in [0, 0.1) is 0 Å². The maximum Gasteiger partial charge on any atom is 0.165 e. The normalized spacial score (nSPS) is 9.95. The van der Waals surface area contributed by atoms with Gasteiger partial charge in [0, 0.05) is 42.1 Å². The second-order valence-electron chi connectivity index (χ2n) is 4.49. The van der Waals surface area contributed by atoms with Crippen LogP contribution >= 0.6 is 24.0 Å². The Bertz CT molecular complexity index is 580. The Labute approximate surface area is 142 Å². The van der Waals surface area contributed by atoms with Crippen LogP contribution in [0.4, 0.5) is 0 Å². The second kappa shape index (κ2) is 9.51. The number of hydrogen-bond donors (Lipinski definition) is 1. The first-order chi connectivity index (χ1) is 10.2. The Morgan fingerprint density at radius 3 is 2.73 bits per heavy atom. The lowest BCUT2D eigenvalue weighted by Crippen LogP contribution is -2.14. The molecule has 0 amide bonds. The maximum atomic E-state index is 6.12. The van der Waals surface area contributed by atoms with Crippen LogP contribution in [-0.4, -0.2) is 18.7 Å². The molecular formula is C16H20Cl2N2O2. The van der Waals surface area contributed by atoms with Crippen molar-refractivity contribution < 1.29 is 9.47 Å². The summed E-state index contributed by atoms with van der Waals surface area (Å²) in [6.45, 7) is 3.89. The van der Waals surface area contributed by atoms with Gasteiger partial charge < -0.3 is 14.8 Å². The average molecular weight is 343 g/mol. The summed E-state index contributed by atoms with van der Waals surface area (Å²) in [4.78, 5) is 4.09. The zero-order valence-corrected chi connectivity index (χ0v) is 14.2. The molecule has 1 aromatic heterocycles. The molecule has 22 heavy (non-hydrogen) atoms. The van der Waals surface area contributed by atoms with Crippen molar-refractivity contribution >= 4 is 24.0 Å². The van der Waals surface area contributed by atoms with Crippen molar-refractivity contribution in [1.29, 1.82) is 0 Å². The molecule has 2 rings (SSSR count). The van der Waals surface area contributed by atoms with E-state index in [4.69, 9.17) is 21.1 Å². The molecule has 0 aliphatic heterocycles. The lowest BCUT2D eigenvalue weighted by Gasteiger charge is -2.15. The molecule has 0 atom stereocenters. The zero-order chi connectivity index (χ0) is 15.1. The Hall–Kier alpha value is -1.49. The SMILES string of the molecule is CCOc1c(CNCc2cccnc2)cc(Cl)cc1OC.Cl. The van der Waals surface area contributed by atoms with Gasteiger partial charge in [-0.05, 0) is 24.6 Å². The van der Waals surface area contributed by atoms with Crippen molar-refractivity contribution in [3.05, 3.63) is 52.8 Å². The smallest absolute Gasteiger partial charge is 0.165 e. The van der Waals surface area contributed by atoms with Crippen molar-refractivity contribution in [3.63, 3.8) is 0 Å². The Morgan fingerprint density at radius 1 is 1.27 bits per heavy atom. The minimum atomic E-state index is 0. The third-order valence-electron chi connectivity index (χ3n) is 2.97. The molecule has 4 nitrogen and oxygen atoms in total. The van der Waals surface area contributed by atoms with E-state index in [0.29, 0.717) is 23.9 Å².